The second kappa shape index (κ2) is 8.60. The van der Waals surface area contributed by atoms with Crippen LogP contribution in [-0.4, -0.2) is 22.4 Å². The predicted molar refractivity (Wildman–Crippen MR) is 105 cm³/mol. The van der Waals surface area contributed by atoms with Gasteiger partial charge < -0.3 is 10.6 Å². The maximum Gasteiger partial charge on any atom is 0.275 e. The van der Waals surface area contributed by atoms with E-state index in [-0.39, 0.29) is 17.4 Å². The van der Waals surface area contributed by atoms with E-state index in [9.17, 15) is 9.18 Å². The number of nitrogens with one attached hydrogen (secondary N) is 2. The average Bonchev–Trinajstić information content (AvgIpc) is 2.67. The molecule has 27 heavy (non-hydrogen) atoms. The first-order chi connectivity index (χ1) is 13.0. The van der Waals surface area contributed by atoms with Crippen LogP contribution >= 0.6 is 11.6 Å². The summed E-state index contributed by atoms with van der Waals surface area (Å²) in [5, 5.41) is 6.37. The van der Waals surface area contributed by atoms with Gasteiger partial charge in [0.2, 0.25) is 0 Å². The number of nitrogens with zero attached hydrogens (tertiary/aromatic N) is 2. The lowest BCUT2D eigenvalue weighted by Gasteiger charge is -2.09. The smallest absolute Gasteiger partial charge is 0.275 e. The van der Waals surface area contributed by atoms with Crippen molar-refractivity contribution in [1.82, 2.24) is 9.97 Å². The summed E-state index contributed by atoms with van der Waals surface area (Å²) >= 11 is 5.96. The van der Waals surface area contributed by atoms with Gasteiger partial charge in [0.15, 0.2) is 0 Å². The van der Waals surface area contributed by atoms with Crippen LogP contribution in [0.4, 0.5) is 15.9 Å². The number of benzene rings is 2. The van der Waals surface area contributed by atoms with Crippen LogP contribution in [0.1, 0.15) is 21.6 Å². The van der Waals surface area contributed by atoms with Crippen LogP contribution in [0.2, 0.25) is 5.02 Å². The fraction of sp³-hybridized carbons (Fsp3) is 0.150. The van der Waals surface area contributed by atoms with E-state index >= 15 is 0 Å². The average molecular weight is 385 g/mol. The zero-order valence-corrected chi connectivity index (χ0v) is 15.4. The number of amides is 1. The Kier molecular flexibility index (Phi) is 5.98. The molecule has 2 N–H and O–H groups in total. The summed E-state index contributed by atoms with van der Waals surface area (Å²) in [6, 6.07) is 11.9. The summed E-state index contributed by atoms with van der Waals surface area (Å²) in [7, 11) is 0. The van der Waals surface area contributed by atoms with E-state index in [1.165, 1.54) is 18.5 Å². The molecule has 1 heterocycles. The van der Waals surface area contributed by atoms with Gasteiger partial charge in [-0.15, -0.1) is 0 Å². The van der Waals surface area contributed by atoms with Crippen LogP contribution in [0.15, 0.2) is 54.9 Å². The highest BCUT2D eigenvalue weighted by Gasteiger charge is 2.10. The van der Waals surface area contributed by atoms with Gasteiger partial charge in [-0.25, -0.2) is 14.4 Å². The topological polar surface area (TPSA) is 66.9 Å². The Morgan fingerprint density at radius 3 is 2.70 bits per heavy atom. The molecule has 0 aliphatic rings. The van der Waals surface area contributed by atoms with Crippen molar-refractivity contribution >= 4 is 29.0 Å². The molecule has 0 radical (unpaired) electrons. The Morgan fingerprint density at radius 1 is 1.15 bits per heavy atom. The van der Waals surface area contributed by atoms with Gasteiger partial charge in [0.05, 0.1) is 12.4 Å². The molecule has 0 fully saturated rings. The van der Waals surface area contributed by atoms with E-state index < -0.39 is 0 Å². The Morgan fingerprint density at radius 2 is 1.96 bits per heavy atom. The molecular weight excluding hydrogens is 367 g/mol. The first-order valence-electron chi connectivity index (χ1n) is 8.40. The highest BCUT2D eigenvalue weighted by Crippen LogP contribution is 2.20. The number of hydrogen-bond donors (Lipinski definition) is 2. The van der Waals surface area contributed by atoms with Crippen molar-refractivity contribution in [2.24, 2.45) is 0 Å². The molecule has 5 nitrogen and oxygen atoms in total. The summed E-state index contributed by atoms with van der Waals surface area (Å²) in [6.07, 6.45) is 3.38. The molecule has 2 aromatic carbocycles. The SMILES string of the molecule is Cc1ccc(Cl)cc1NC(=O)c1cnc(NCCc2ccccc2F)cn1. The van der Waals surface area contributed by atoms with Gasteiger partial charge >= 0.3 is 0 Å². The lowest BCUT2D eigenvalue weighted by atomic mass is 10.1. The lowest BCUT2D eigenvalue weighted by Crippen LogP contribution is -2.15. The maximum absolute atomic E-state index is 13.6. The van der Waals surface area contributed by atoms with Crippen molar-refractivity contribution in [2.75, 3.05) is 17.2 Å². The van der Waals surface area contributed by atoms with Gasteiger partial charge in [0.25, 0.3) is 5.91 Å². The minimum absolute atomic E-state index is 0.189. The molecule has 1 aromatic heterocycles. The third-order valence-electron chi connectivity index (χ3n) is 3.99. The van der Waals surface area contributed by atoms with Crippen molar-refractivity contribution in [3.8, 4) is 0 Å². The highest BCUT2D eigenvalue weighted by atomic mass is 35.5. The molecule has 0 spiro atoms. The Labute approximate surface area is 161 Å². The molecule has 3 aromatic rings. The Bertz CT molecular complexity index is 947. The molecule has 0 aliphatic carbocycles. The van der Waals surface area contributed by atoms with E-state index in [2.05, 4.69) is 20.6 Å². The maximum atomic E-state index is 13.6. The minimum Gasteiger partial charge on any atom is -0.368 e. The van der Waals surface area contributed by atoms with Crippen molar-refractivity contribution in [2.45, 2.75) is 13.3 Å². The van der Waals surface area contributed by atoms with Crippen LogP contribution < -0.4 is 10.6 Å². The third-order valence-corrected chi connectivity index (χ3v) is 4.23. The molecule has 3 rings (SSSR count). The van der Waals surface area contributed by atoms with Gasteiger partial charge in [-0.05, 0) is 42.7 Å². The van der Waals surface area contributed by atoms with Crippen LogP contribution in [-0.2, 0) is 6.42 Å². The van der Waals surface area contributed by atoms with Crippen molar-refractivity contribution in [3.63, 3.8) is 0 Å². The van der Waals surface area contributed by atoms with Crippen molar-refractivity contribution in [3.05, 3.63) is 82.5 Å². The summed E-state index contributed by atoms with van der Waals surface area (Å²) in [5.41, 5.74) is 2.34. The number of carbonyl (C=O) groups excluding carboxylic acids is 1. The van der Waals surface area contributed by atoms with Crippen LogP contribution in [0, 0.1) is 12.7 Å². The third kappa shape index (κ3) is 5.01. The fourth-order valence-electron chi connectivity index (χ4n) is 2.48. The zero-order valence-electron chi connectivity index (χ0n) is 14.7. The summed E-state index contributed by atoms with van der Waals surface area (Å²) < 4.78 is 13.6. The summed E-state index contributed by atoms with van der Waals surface area (Å²) in [4.78, 5) is 20.6. The number of aryl methyl sites for hydroxylation is 1. The van der Waals surface area contributed by atoms with E-state index in [1.54, 1.807) is 30.3 Å². The van der Waals surface area contributed by atoms with E-state index in [0.717, 1.165) is 5.56 Å². The fourth-order valence-corrected chi connectivity index (χ4v) is 2.65. The molecule has 138 valence electrons. The van der Waals surface area contributed by atoms with E-state index in [1.807, 2.05) is 13.0 Å². The number of anilines is 2. The highest BCUT2D eigenvalue weighted by molar-refractivity contribution is 6.31. The normalized spacial score (nSPS) is 10.5. The summed E-state index contributed by atoms with van der Waals surface area (Å²) in [5.74, 6) is -0.0821. The van der Waals surface area contributed by atoms with Gasteiger partial charge in [-0.1, -0.05) is 35.9 Å². The second-order valence-corrected chi connectivity index (χ2v) is 6.40. The number of hydrogen-bond acceptors (Lipinski definition) is 4. The molecular formula is C20H18ClFN4O. The van der Waals surface area contributed by atoms with Crippen molar-refractivity contribution < 1.29 is 9.18 Å². The largest absolute Gasteiger partial charge is 0.368 e. The molecule has 0 aliphatic heterocycles. The standard InChI is InChI=1S/C20H18ClFN4O/c1-13-6-7-15(21)10-17(13)26-20(27)18-11-25-19(12-24-18)23-9-8-14-4-2-3-5-16(14)22/h2-7,10-12H,8-9H2,1H3,(H,23,25)(H,26,27). The van der Waals surface area contributed by atoms with Gasteiger partial charge in [0.1, 0.15) is 17.3 Å². The number of carbonyl (C=O) groups is 1. The monoisotopic (exact) mass is 384 g/mol. The molecule has 0 atom stereocenters. The first kappa shape index (κ1) is 18.8. The van der Waals surface area contributed by atoms with Crippen LogP contribution in [0.5, 0.6) is 0 Å². The quantitative estimate of drug-likeness (QED) is 0.657. The molecule has 0 saturated heterocycles. The molecule has 0 unspecified atom stereocenters. The van der Waals surface area contributed by atoms with E-state index in [0.29, 0.717) is 35.1 Å². The van der Waals surface area contributed by atoms with Gasteiger partial charge in [-0.3, -0.25) is 4.79 Å². The molecule has 1 amide bonds. The van der Waals surface area contributed by atoms with E-state index in [4.69, 9.17) is 11.6 Å². The zero-order chi connectivity index (χ0) is 19.2. The number of rotatable bonds is 6. The van der Waals surface area contributed by atoms with Crippen LogP contribution in [0.25, 0.3) is 0 Å². The van der Waals surface area contributed by atoms with Gasteiger partial charge in [-0.2, -0.15) is 0 Å². The van der Waals surface area contributed by atoms with Crippen LogP contribution in [0.3, 0.4) is 0 Å². The summed E-state index contributed by atoms with van der Waals surface area (Å²) in [6.45, 7) is 2.38. The second-order valence-electron chi connectivity index (χ2n) is 5.97. The van der Waals surface area contributed by atoms with Crippen molar-refractivity contribution in [1.29, 1.82) is 0 Å². The Hall–Kier alpha value is -2.99. The molecule has 0 saturated carbocycles. The number of aromatic nitrogens is 2. The lowest BCUT2D eigenvalue weighted by molar-refractivity contribution is 0.102. The molecule has 0 bridgehead atoms. The Balaban J connectivity index is 1.57. The van der Waals surface area contributed by atoms with Gasteiger partial charge in [0, 0.05) is 17.3 Å². The minimum atomic E-state index is -0.370. The first-order valence-corrected chi connectivity index (χ1v) is 8.77. The number of halogens is 2. The predicted octanol–water partition coefficient (Wildman–Crippen LogP) is 4.48. The molecule has 7 heteroatoms.